The molecule has 1 aromatic rings. The summed E-state index contributed by atoms with van der Waals surface area (Å²) in [6.45, 7) is 1.43. The van der Waals surface area contributed by atoms with Crippen molar-refractivity contribution in [3.63, 3.8) is 0 Å². The molecule has 2 N–H and O–H groups in total. The largest absolute Gasteiger partial charge is 0.376 e. The third-order valence-electron chi connectivity index (χ3n) is 4.39. The van der Waals surface area contributed by atoms with Gasteiger partial charge in [-0.05, 0) is 37.0 Å². The molecular formula is C16H21ClN2O2. The monoisotopic (exact) mass is 308 g/mol. The lowest BCUT2D eigenvalue weighted by atomic mass is 9.90. The number of hydrogen-bond acceptors (Lipinski definition) is 3. The van der Waals surface area contributed by atoms with Crippen molar-refractivity contribution in [1.82, 2.24) is 4.90 Å². The number of halogens is 1. The summed E-state index contributed by atoms with van der Waals surface area (Å²) in [5.74, 6) is 0.173. The number of carbonyl (C=O) groups is 1. The molecule has 0 aliphatic carbocycles. The Labute approximate surface area is 130 Å². The van der Waals surface area contributed by atoms with E-state index in [1.165, 1.54) is 0 Å². The molecule has 5 heteroatoms. The van der Waals surface area contributed by atoms with Gasteiger partial charge >= 0.3 is 0 Å². The molecule has 114 valence electrons. The Morgan fingerprint density at radius 3 is 2.71 bits per heavy atom. The molecule has 1 amide bonds. The topological polar surface area (TPSA) is 55.6 Å². The van der Waals surface area contributed by atoms with Crippen molar-refractivity contribution in [1.29, 1.82) is 0 Å². The van der Waals surface area contributed by atoms with Gasteiger partial charge in [0.1, 0.15) is 0 Å². The highest BCUT2D eigenvalue weighted by molar-refractivity contribution is 6.30. The Morgan fingerprint density at radius 1 is 1.29 bits per heavy atom. The number of carbonyl (C=O) groups excluding carboxylic acids is 1. The van der Waals surface area contributed by atoms with E-state index < -0.39 is 0 Å². The number of rotatable bonds is 3. The third-order valence-corrected chi connectivity index (χ3v) is 4.64. The zero-order valence-electron chi connectivity index (χ0n) is 12.0. The molecule has 3 atom stereocenters. The Morgan fingerprint density at radius 2 is 2.05 bits per heavy atom. The quantitative estimate of drug-likeness (QED) is 0.933. The summed E-state index contributed by atoms with van der Waals surface area (Å²) in [6.07, 6.45) is 3.50. The van der Waals surface area contributed by atoms with Crippen LogP contribution in [0.4, 0.5) is 0 Å². The maximum Gasteiger partial charge on any atom is 0.223 e. The molecule has 0 spiro atoms. The van der Waals surface area contributed by atoms with E-state index in [-0.39, 0.29) is 24.1 Å². The summed E-state index contributed by atoms with van der Waals surface area (Å²) in [5, 5.41) is 0.695. The molecule has 0 radical (unpaired) electrons. The van der Waals surface area contributed by atoms with Gasteiger partial charge in [-0.1, -0.05) is 23.7 Å². The summed E-state index contributed by atoms with van der Waals surface area (Å²) >= 11 is 5.96. The van der Waals surface area contributed by atoms with Crippen LogP contribution in [0.25, 0.3) is 0 Å². The second-order valence-electron chi connectivity index (χ2n) is 5.88. The van der Waals surface area contributed by atoms with Gasteiger partial charge in [0, 0.05) is 30.6 Å². The van der Waals surface area contributed by atoms with Crippen molar-refractivity contribution < 1.29 is 9.53 Å². The molecule has 4 nitrogen and oxygen atoms in total. The van der Waals surface area contributed by atoms with Crippen LogP contribution in [0.2, 0.25) is 5.02 Å². The number of amides is 1. The van der Waals surface area contributed by atoms with Crippen molar-refractivity contribution in [2.45, 2.75) is 43.9 Å². The molecule has 0 aromatic heterocycles. The minimum absolute atomic E-state index is 0.0368. The van der Waals surface area contributed by atoms with Gasteiger partial charge in [0.2, 0.25) is 5.91 Å². The van der Waals surface area contributed by atoms with Gasteiger partial charge in [-0.25, -0.2) is 0 Å². The Hall–Kier alpha value is -1.10. The highest BCUT2D eigenvalue weighted by Crippen LogP contribution is 2.32. The van der Waals surface area contributed by atoms with Crippen molar-refractivity contribution >= 4 is 17.5 Å². The van der Waals surface area contributed by atoms with E-state index >= 15 is 0 Å². The fourth-order valence-corrected chi connectivity index (χ4v) is 3.41. The van der Waals surface area contributed by atoms with Crippen LogP contribution < -0.4 is 5.73 Å². The fourth-order valence-electron chi connectivity index (χ4n) is 3.29. The zero-order chi connectivity index (χ0) is 14.8. The number of benzene rings is 1. The predicted octanol–water partition coefficient (Wildman–Crippen LogP) is 2.51. The van der Waals surface area contributed by atoms with Crippen LogP contribution >= 0.6 is 11.6 Å². The first-order chi connectivity index (χ1) is 10.1. The second-order valence-corrected chi connectivity index (χ2v) is 6.32. The van der Waals surface area contributed by atoms with E-state index in [0.717, 1.165) is 31.4 Å². The van der Waals surface area contributed by atoms with E-state index in [1.54, 1.807) is 0 Å². The van der Waals surface area contributed by atoms with Crippen LogP contribution in [0.15, 0.2) is 24.3 Å². The molecule has 21 heavy (non-hydrogen) atoms. The Bertz CT molecular complexity index is 500. The number of nitrogens with two attached hydrogens (primary N) is 1. The van der Waals surface area contributed by atoms with Crippen LogP contribution in [-0.2, 0) is 9.53 Å². The first-order valence-electron chi connectivity index (χ1n) is 7.57. The fraction of sp³-hybridized carbons (Fsp3) is 0.562. The summed E-state index contributed by atoms with van der Waals surface area (Å²) in [6, 6.07) is 7.53. The summed E-state index contributed by atoms with van der Waals surface area (Å²) < 4.78 is 5.69. The van der Waals surface area contributed by atoms with Crippen molar-refractivity contribution in [3.8, 4) is 0 Å². The smallest absolute Gasteiger partial charge is 0.223 e. The van der Waals surface area contributed by atoms with E-state index in [2.05, 4.69) is 0 Å². The summed E-state index contributed by atoms with van der Waals surface area (Å²) in [4.78, 5) is 14.3. The molecule has 2 fully saturated rings. The third kappa shape index (κ3) is 3.23. The van der Waals surface area contributed by atoms with Crippen LogP contribution in [0.1, 0.15) is 37.3 Å². The predicted molar refractivity (Wildman–Crippen MR) is 82.1 cm³/mol. The lowest BCUT2D eigenvalue weighted by Crippen LogP contribution is -2.51. The van der Waals surface area contributed by atoms with Crippen LogP contribution in [0, 0.1) is 0 Å². The van der Waals surface area contributed by atoms with Crippen molar-refractivity contribution in [2.75, 3.05) is 13.2 Å². The summed E-state index contributed by atoms with van der Waals surface area (Å²) in [7, 11) is 0. The maximum absolute atomic E-state index is 12.4. The molecule has 0 saturated carbocycles. The number of likely N-dealkylation sites (tertiary alicyclic amines) is 1. The van der Waals surface area contributed by atoms with Gasteiger partial charge < -0.3 is 15.4 Å². The standard InChI is InChI=1S/C16H21ClN2O2/c17-12-5-3-11(4-6-12)16-14(18)7-8-15(20)19(16)10-13-2-1-9-21-13/h3-6,13-14,16H,1-2,7-10,18H2. The minimum atomic E-state index is -0.0762. The molecule has 2 aliphatic heterocycles. The van der Waals surface area contributed by atoms with E-state index in [9.17, 15) is 4.79 Å². The lowest BCUT2D eigenvalue weighted by Gasteiger charge is -2.41. The molecule has 0 bridgehead atoms. The highest BCUT2D eigenvalue weighted by atomic mass is 35.5. The minimum Gasteiger partial charge on any atom is -0.376 e. The van der Waals surface area contributed by atoms with E-state index in [0.29, 0.717) is 18.0 Å². The zero-order valence-corrected chi connectivity index (χ0v) is 12.8. The summed E-state index contributed by atoms with van der Waals surface area (Å²) in [5.41, 5.74) is 7.36. The normalized spacial score (nSPS) is 29.9. The van der Waals surface area contributed by atoms with E-state index in [4.69, 9.17) is 22.1 Å². The van der Waals surface area contributed by atoms with Crippen LogP contribution in [-0.4, -0.2) is 36.1 Å². The maximum atomic E-state index is 12.4. The molecule has 2 heterocycles. The van der Waals surface area contributed by atoms with Gasteiger partial charge in [0.15, 0.2) is 0 Å². The van der Waals surface area contributed by atoms with Gasteiger partial charge in [0.25, 0.3) is 0 Å². The molecule has 1 aromatic carbocycles. The van der Waals surface area contributed by atoms with Crippen LogP contribution in [0.3, 0.4) is 0 Å². The number of piperidine rings is 1. The molecule has 2 saturated heterocycles. The second kappa shape index (κ2) is 6.34. The molecule has 3 rings (SSSR count). The number of ether oxygens (including phenoxy) is 1. The van der Waals surface area contributed by atoms with Crippen LogP contribution in [0.5, 0.6) is 0 Å². The van der Waals surface area contributed by atoms with Gasteiger partial charge in [0.05, 0.1) is 12.1 Å². The lowest BCUT2D eigenvalue weighted by molar-refractivity contribution is -0.139. The van der Waals surface area contributed by atoms with Gasteiger partial charge in [-0.3, -0.25) is 4.79 Å². The first kappa shape index (κ1) is 14.8. The number of nitrogens with zero attached hydrogens (tertiary/aromatic N) is 1. The van der Waals surface area contributed by atoms with E-state index in [1.807, 2.05) is 29.2 Å². The highest BCUT2D eigenvalue weighted by Gasteiger charge is 2.36. The SMILES string of the molecule is NC1CCC(=O)N(CC2CCCO2)C1c1ccc(Cl)cc1. The molecule has 2 aliphatic rings. The van der Waals surface area contributed by atoms with Gasteiger partial charge in [-0.2, -0.15) is 0 Å². The number of hydrogen-bond donors (Lipinski definition) is 1. The van der Waals surface area contributed by atoms with Crippen molar-refractivity contribution in [2.24, 2.45) is 5.73 Å². The average molecular weight is 309 g/mol. The van der Waals surface area contributed by atoms with Gasteiger partial charge in [-0.15, -0.1) is 0 Å². The molecular weight excluding hydrogens is 288 g/mol. The first-order valence-corrected chi connectivity index (χ1v) is 7.95. The average Bonchev–Trinajstić information content (AvgIpc) is 2.98. The molecule has 3 unspecified atom stereocenters. The Kier molecular flexibility index (Phi) is 4.48. The van der Waals surface area contributed by atoms with Crippen molar-refractivity contribution in [3.05, 3.63) is 34.9 Å². The Balaban J connectivity index is 1.84.